The van der Waals surface area contributed by atoms with Crippen molar-refractivity contribution < 1.29 is 19.2 Å². The molecule has 28 heavy (non-hydrogen) atoms. The molecule has 1 aromatic carbocycles. The minimum absolute atomic E-state index is 0.00806. The number of carbonyl (C=O) groups is 2. The average molecular weight is 401 g/mol. The van der Waals surface area contributed by atoms with Crippen LogP contribution in [0, 0.1) is 10.1 Å². The number of hydrogen-bond acceptors (Lipinski definition) is 7. The lowest BCUT2D eigenvalue weighted by atomic mass is 9.94. The van der Waals surface area contributed by atoms with Crippen molar-refractivity contribution in [2.45, 2.75) is 31.6 Å². The van der Waals surface area contributed by atoms with Crippen molar-refractivity contribution in [1.82, 2.24) is 4.90 Å². The Labute approximate surface area is 166 Å². The molecule has 1 aromatic rings. The third-order valence-corrected chi connectivity index (χ3v) is 5.79. The maximum Gasteiger partial charge on any atom is 0.338 e. The van der Waals surface area contributed by atoms with Crippen LogP contribution in [-0.4, -0.2) is 38.7 Å². The zero-order chi connectivity index (χ0) is 20.4. The van der Waals surface area contributed by atoms with E-state index in [2.05, 4.69) is 11.6 Å². The third kappa shape index (κ3) is 3.45. The van der Waals surface area contributed by atoms with Crippen LogP contribution in [-0.2, 0) is 14.3 Å². The number of hydrogen-bond donors (Lipinski definition) is 0. The Morgan fingerprint density at radius 3 is 2.89 bits per heavy atom. The second-order valence-electron chi connectivity index (χ2n) is 6.26. The second-order valence-corrected chi connectivity index (χ2v) is 7.43. The molecule has 1 saturated heterocycles. The van der Waals surface area contributed by atoms with Gasteiger partial charge in [-0.3, -0.25) is 19.8 Å². The lowest BCUT2D eigenvalue weighted by Gasteiger charge is -2.32. The molecule has 2 heterocycles. The Hall–Kier alpha value is -2.94. The molecule has 2 atom stereocenters. The highest BCUT2D eigenvalue weighted by molar-refractivity contribution is 8.15. The third-order valence-electron chi connectivity index (χ3n) is 4.47. The molecule has 0 N–H and O–H groups in total. The molecule has 146 valence electrons. The number of nitrogens with zero attached hydrogens (tertiary/aromatic N) is 3. The molecule has 0 saturated carbocycles. The predicted molar refractivity (Wildman–Crippen MR) is 106 cm³/mol. The number of esters is 1. The van der Waals surface area contributed by atoms with Crippen molar-refractivity contribution in [3.63, 3.8) is 0 Å². The Morgan fingerprint density at radius 2 is 2.25 bits per heavy atom. The molecule has 2 aliphatic heterocycles. The van der Waals surface area contributed by atoms with Gasteiger partial charge in [0.05, 0.1) is 27.5 Å². The maximum atomic E-state index is 13.0. The first kappa shape index (κ1) is 19.8. The molecule has 2 aliphatic rings. The number of ether oxygens (including phenoxy) is 1. The summed E-state index contributed by atoms with van der Waals surface area (Å²) in [6.07, 6.45) is 2.05. The second kappa shape index (κ2) is 7.97. The summed E-state index contributed by atoms with van der Waals surface area (Å²) in [4.78, 5) is 42.3. The van der Waals surface area contributed by atoms with Crippen LogP contribution in [0.2, 0.25) is 0 Å². The molecule has 0 aliphatic carbocycles. The van der Waals surface area contributed by atoms with Crippen molar-refractivity contribution in [2.75, 3.05) is 6.61 Å². The van der Waals surface area contributed by atoms with E-state index in [4.69, 9.17) is 4.74 Å². The summed E-state index contributed by atoms with van der Waals surface area (Å²) in [6, 6.07) is 5.10. The summed E-state index contributed by atoms with van der Waals surface area (Å²) in [5.41, 5.74) is 0.951. The zero-order valence-electron chi connectivity index (χ0n) is 15.5. The number of amidine groups is 1. The molecule has 1 fully saturated rings. The van der Waals surface area contributed by atoms with Gasteiger partial charge < -0.3 is 4.74 Å². The van der Waals surface area contributed by atoms with Crippen molar-refractivity contribution in [3.8, 4) is 0 Å². The SMILES string of the molecule is C=CCOC(=O)C1=C(C)N=C2S[C@@H](CC)C(=O)N2[C@@H]1c1cccc([N+](=O)[O-])c1. The Balaban J connectivity index is 2.14. The summed E-state index contributed by atoms with van der Waals surface area (Å²) in [6.45, 7) is 7.11. The highest BCUT2D eigenvalue weighted by atomic mass is 32.2. The lowest BCUT2D eigenvalue weighted by Crippen LogP contribution is -2.40. The van der Waals surface area contributed by atoms with Gasteiger partial charge in [-0.2, -0.15) is 0 Å². The van der Waals surface area contributed by atoms with Gasteiger partial charge >= 0.3 is 5.97 Å². The van der Waals surface area contributed by atoms with E-state index in [0.717, 1.165) is 0 Å². The van der Waals surface area contributed by atoms with Gasteiger partial charge in [-0.1, -0.05) is 43.5 Å². The van der Waals surface area contributed by atoms with Gasteiger partial charge in [0, 0.05) is 12.1 Å². The molecule has 0 radical (unpaired) electrons. The maximum absolute atomic E-state index is 13.0. The molecule has 8 nitrogen and oxygen atoms in total. The van der Waals surface area contributed by atoms with Crippen LogP contribution in [0.15, 0.2) is 53.2 Å². The normalized spacial score (nSPS) is 21.3. The fourth-order valence-corrected chi connectivity index (χ4v) is 4.32. The van der Waals surface area contributed by atoms with Crippen LogP contribution in [0.3, 0.4) is 0 Å². The number of rotatable bonds is 6. The van der Waals surface area contributed by atoms with E-state index >= 15 is 0 Å². The summed E-state index contributed by atoms with van der Waals surface area (Å²) < 4.78 is 5.20. The highest BCUT2D eigenvalue weighted by Gasteiger charge is 2.47. The number of nitro groups is 1. The summed E-state index contributed by atoms with van der Waals surface area (Å²) >= 11 is 1.34. The lowest BCUT2D eigenvalue weighted by molar-refractivity contribution is -0.384. The Bertz CT molecular complexity index is 924. The molecular weight excluding hydrogens is 382 g/mol. The minimum Gasteiger partial charge on any atom is -0.458 e. The molecular formula is C19H19N3O5S. The van der Waals surface area contributed by atoms with Gasteiger partial charge in [0.1, 0.15) is 6.61 Å². The first-order valence-corrected chi connectivity index (χ1v) is 9.58. The zero-order valence-corrected chi connectivity index (χ0v) is 16.3. The van der Waals surface area contributed by atoms with Gasteiger partial charge in [0.2, 0.25) is 5.91 Å². The van der Waals surface area contributed by atoms with E-state index in [0.29, 0.717) is 22.8 Å². The van der Waals surface area contributed by atoms with Crippen LogP contribution in [0.25, 0.3) is 0 Å². The fraction of sp³-hybridized carbons (Fsp3) is 0.316. The molecule has 0 unspecified atom stereocenters. The van der Waals surface area contributed by atoms with E-state index in [-0.39, 0.29) is 29.0 Å². The average Bonchev–Trinajstić information content (AvgIpc) is 3.00. The number of benzene rings is 1. The minimum atomic E-state index is -0.832. The Morgan fingerprint density at radius 1 is 1.50 bits per heavy atom. The van der Waals surface area contributed by atoms with E-state index in [9.17, 15) is 19.7 Å². The number of nitro benzene ring substituents is 1. The summed E-state index contributed by atoms with van der Waals surface area (Å²) in [5, 5.41) is 11.4. The molecule has 9 heteroatoms. The highest BCUT2D eigenvalue weighted by Crippen LogP contribution is 2.44. The number of aliphatic imine (C=N–C) groups is 1. The van der Waals surface area contributed by atoms with Crippen LogP contribution in [0.1, 0.15) is 31.9 Å². The Kier molecular flexibility index (Phi) is 5.64. The van der Waals surface area contributed by atoms with Crippen LogP contribution >= 0.6 is 11.8 Å². The van der Waals surface area contributed by atoms with Gasteiger partial charge in [-0.05, 0) is 18.9 Å². The monoisotopic (exact) mass is 401 g/mol. The van der Waals surface area contributed by atoms with Crippen LogP contribution < -0.4 is 0 Å². The largest absolute Gasteiger partial charge is 0.458 e. The number of fused-ring (bicyclic) bond motifs is 1. The number of amides is 1. The molecule has 1 amide bonds. The van der Waals surface area contributed by atoms with Gasteiger partial charge in [-0.25, -0.2) is 9.79 Å². The van der Waals surface area contributed by atoms with Crippen LogP contribution in [0.5, 0.6) is 0 Å². The molecule has 3 rings (SSSR count). The summed E-state index contributed by atoms with van der Waals surface area (Å²) in [7, 11) is 0. The van der Waals surface area contributed by atoms with Crippen molar-refractivity contribution in [3.05, 3.63) is 63.9 Å². The van der Waals surface area contributed by atoms with Crippen molar-refractivity contribution in [2.24, 2.45) is 4.99 Å². The topological polar surface area (TPSA) is 102 Å². The van der Waals surface area contributed by atoms with Crippen molar-refractivity contribution in [1.29, 1.82) is 0 Å². The molecule has 0 bridgehead atoms. The smallest absolute Gasteiger partial charge is 0.338 e. The molecule has 0 aromatic heterocycles. The standard InChI is InChI=1S/C19H19N3O5S/c1-4-9-27-18(24)15-11(3)20-19-21(17(23)14(5-2)28-19)16(15)12-7-6-8-13(10-12)22(25)26/h4,6-8,10,14,16H,1,5,9H2,2-3H3/t14-,16+/m0/s1. The van der Waals surface area contributed by atoms with E-state index in [1.165, 1.54) is 40.9 Å². The quantitative estimate of drug-likeness (QED) is 0.313. The van der Waals surface area contributed by atoms with Crippen LogP contribution in [0.4, 0.5) is 5.69 Å². The van der Waals surface area contributed by atoms with E-state index in [1.807, 2.05) is 6.92 Å². The first-order valence-electron chi connectivity index (χ1n) is 8.70. The summed E-state index contributed by atoms with van der Waals surface area (Å²) in [5.74, 6) is -0.807. The van der Waals surface area contributed by atoms with E-state index < -0.39 is 16.9 Å². The molecule has 0 spiro atoms. The fourth-order valence-electron chi connectivity index (χ4n) is 3.19. The van der Waals surface area contributed by atoms with E-state index in [1.54, 1.807) is 13.0 Å². The number of allylic oxidation sites excluding steroid dienone is 1. The predicted octanol–water partition coefficient (Wildman–Crippen LogP) is 3.36. The van der Waals surface area contributed by atoms with Gasteiger partial charge in [0.25, 0.3) is 5.69 Å². The first-order chi connectivity index (χ1) is 13.4. The van der Waals surface area contributed by atoms with Gasteiger partial charge in [0.15, 0.2) is 5.17 Å². The van der Waals surface area contributed by atoms with Gasteiger partial charge in [-0.15, -0.1) is 0 Å². The number of non-ortho nitro benzene ring substituents is 1. The number of carbonyl (C=O) groups excluding carboxylic acids is 2. The number of thioether (sulfide) groups is 1. The van der Waals surface area contributed by atoms with Crippen molar-refractivity contribution >= 4 is 34.5 Å².